The van der Waals surface area contributed by atoms with Crippen LogP contribution in [0.2, 0.25) is 0 Å². The van der Waals surface area contributed by atoms with Crippen molar-refractivity contribution in [3.8, 4) is 11.3 Å². The van der Waals surface area contributed by atoms with E-state index in [0.717, 1.165) is 43.6 Å². The van der Waals surface area contributed by atoms with Gasteiger partial charge in [-0.15, -0.1) is 11.3 Å². The molecule has 0 saturated carbocycles. The van der Waals surface area contributed by atoms with Gasteiger partial charge in [0.15, 0.2) is 5.13 Å². The Balaban J connectivity index is 1.53. The molecule has 3 rings (SSSR count). The molecule has 1 atom stereocenters. The average Bonchev–Trinajstić information content (AvgIpc) is 3.31. The van der Waals surface area contributed by atoms with Gasteiger partial charge >= 0.3 is 0 Å². The maximum absolute atomic E-state index is 12.2. The summed E-state index contributed by atoms with van der Waals surface area (Å²) in [5, 5.41) is 11.5. The minimum atomic E-state index is 0.0102. The second kappa shape index (κ2) is 8.91. The van der Waals surface area contributed by atoms with E-state index in [1.807, 2.05) is 5.38 Å². The maximum Gasteiger partial charge on any atom is 0.230 e. The number of amides is 2. The highest BCUT2D eigenvalue weighted by Crippen LogP contribution is 2.26. The van der Waals surface area contributed by atoms with E-state index in [2.05, 4.69) is 45.2 Å². The Morgan fingerprint density at radius 2 is 2.12 bits per heavy atom. The van der Waals surface area contributed by atoms with E-state index in [1.165, 1.54) is 23.8 Å². The van der Waals surface area contributed by atoms with Crippen LogP contribution in [-0.4, -0.2) is 36.4 Å². The van der Waals surface area contributed by atoms with Crippen molar-refractivity contribution in [2.45, 2.75) is 26.2 Å². The molecule has 0 bridgehead atoms. The first kappa shape index (κ1) is 18.5. The van der Waals surface area contributed by atoms with Crippen molar-refractivity contribution in [2.24, 2.45) is 5.92 Å². The Morgan fingerprint density at radius 3 is 2.81 bits per heavy atom. The summed E-state index contributed by atoms with van der Waals surface area (Å²) in [6, 6.07) is 8.28. The Morgan fingerprint density at radius 1 is 1.31 bits per heavy atom. The van der Waals surface area contributed by atoms with Gasteiger partial charge in [0.1, 0.15) is 0 Å². The molecule has 6 nitrogen and oxygen atoms in total. The quantitative estimate of drug-likeness (QED) is 0.652. The molecule has 0 aliphatic carbocycles. The van der Waals surface area contributed by atoms with E-state index in [9.17, 15) is 9.59 Å². The standard InChI is InChI=1S/C19H24N4O2S/c1-13(24)21-9-2-3-14-4-6-15(7-5-14)17-12-26-19(22-17)23-18(25)16-8-10-20-11-16/h4-7,12,16,20H,2-3,8-11H2,1H3,(H,21,24)(H,22,23,25). The molecule has 1 saturated heterocycles. The smallest absolute Gasteiger partial charge is 0.230 e. The Labute approximate surface area is 157 Å². The van der Waals surface area contributed by atoms with E-state index >= 15 is 0 Å². The number of carbonyl (C=O) groups is 2. The van der Waals surface area contributed by atoms with Gasteiger partial charge in [0.2, 0.25) is 11.8 Å². The first-order valence-electron chi connectivity index (χ1n) is 8.92. The molecule has 2 amide bonds. The molecule has 1 aliphatic rings. The molecular weight excluding hydrogens is 348 g/mol. The zero-order chi connectivity index (χ0) is 18.4. The molecule has 7 heteroatoms. The lowest BCUT2D eigenvalue weighted by atomic mass is 10.1. The van der Waals surface area contributed by atoms with Crippen molar-refractivity contribution in [3.63, 3.8) is 0 Å². The number of benzene rings is 1. The SMILES string of the molecule is CC(=O)NCCCc1ccc(-c2csc(NC(=O)C3CCNC3)n2)cc1. The lowest BCUT2D eigenvalue weighted by molar-refractivity contribution is -0.120. The molecule has 26 heavy (non-hydrogen) atoms. The van der Waals surface area contributed by atoms with Crippen LogP contribution in [0.5, 0.6) is 0 Å². The van der Waals surface area contributed by atoms with Crippen molar-refractivity contribution < 1.29 is 9.59 Å². The van der Waals surface area contributed by atoms with Crippen LogP contribution in [0.4, 0.5) is 5.13 Å². The molecule has 0 spiro atoms. The van der Waals surface area contributed by atoms with Crippen LogP contribution in [-0.2, 0) is 16.0 Å². The van der Waals surface area contributed by atoms with Crippen molar-refractivity contribution in [1.82, 2.24) is 15.6 Å². The monoisotopic (exact) mass is 372 g/mol. The molecule has 1 aromatic heterocycles. The number of nitrogens with zero attached hydrogens (tertiary/aromatic N) is 1. The second-order valence-corrected chi connectivity index (χ2v) is 7.36. The summed E-state index contributed by atoms with van der Waals surface area (Å²) in [6.07, 6.45) is 2.73. The van der Waals surface area contributed by atoms with Gasteiger partial charge in [0.05, 0.1) is 11.6 Å². The molecule has 2 heterocycles. The van der Waals surface area contributed by atoms with Gasteiger partial charge in [-0.3, -0.25) is 9.59 Å². The molecule has 3 N–H and O–H groups in total. The number of hydrogen-bond acceptors (Lipinski definition) is 5. The fraction of sp³-hybridized carbons (Fsp3) is 0.421. The first-order chi connectivity index (χ1) is 12.6. The molecule has 2 aromatic rings. The summed E-state index contributed by atoms with van der Waals surface area (Å²) < 4.78 is 0. The van der Waals surface area contributed by atoms with E-state index < -0.39 is 0 Å². The summed E-state index contributed by atoms with van der Waals surface area (Å²) in [7, 11) is 0. The van der Waals surface area contributed by atoms with Crippen LogP contribution in [0, 0.1) is 5.92 Å². The third kappa shape index (κ3) is 5.12. The van der Waals surface area contributed by atoms with Crippen molar-refractivity contribution in [3.05, 3.63) is 35.2 Å². The molecule has 0 radical (unpaired) electrons. The lowest BCUT2D eigenvalue weighted by Crippen LogP contribution is -2.24. The molecule has 1 unspecified atom stereocenters. The van der Waals surface area contributed by atoms with Gasteiger partial charge in [-0.1, -0.05) is 24.3 Å². The van der Waals surface area contributed by atoms with Crippen molar-refractivity contribution in [1.29, 1.82) is 0 Å². The van der Waals surface area contributed by atoms with Crippen LogP contribution in [0.1, 0.15) is 25.3 Å². The summed E-state index contributed by atoms with van der Waals surface area (Å²) >= 11 is 1.45. The summed E-state index contributed by atoms with van der Waals surface area (Å²) in [5.74, 6) is 0.0977. The number of thiazole rings is 1. The van der Waals surface area contributed by atoms with Crippen LogP contribution in [0.15, 0.2) is 29.6 Å². The Bertz CT molecular complexity index is 751. The fourth-order valence-corrected chi connectivity index (χ4v) is 3.67. The zero-order valence-electron chi connectivity index (χ0n) is 14.9. The highest BCUT2D eigenvalue weighted by molar-refractivity contribution is 7.14. The number of nitrogens with one attached hydrogen (secondary N) is 3. The van der Waals surface area contributed by atoms with Crippen LogP contribution < -0.4 is 16.0 Å². The van der Waals surface area contributed by atoms with E-state index in [0.29, 0.717) is 11.7 Å². The molecule has 138 valence electrons. The summed E-state index contributed by atoms with van der Waals surface area (Å²) in [6.45, 7) is 3.87. The van der Waals surface area contributed by atoms with Gasteiger partial charge in [-0.2, -0.15) is 0 Å². The Hall–Kier alpha value is -2.25. The highest BCUT2D eigenvalue weighted by Gasteiger charge is 2.23. The van der Waals surface area contributed by atoms with Gasteiger partial charge in [-0.05, 0) is 31.4 Å². The van der Waals surface area contributed by atoms with Crippen LogP contribution >= 0.6 is 11.3 Å². The second-order valence-electron chi connectivity index (χ2n) is 6.50. The van der Waals surface area contributed by atoms with Crippen LogP contribution in [0.25, 0.3) is 11.3 Å². The minimum absolute atomic E-state index is 0.0102. The predicted octanol–water partition coefficient (Wildman–Crippen LogP) is 2.43. The predicted molar refractivity (Wildman–Crippen MR) is 104 cm³/mol. The van der Waals surface area contributed by atoms with E-state index in [4.69, 9.17) is 0 Å². The zero-order valence-corrected chi connectivity index (χ0v) is 15.7. The number of carbonyl (C=O) groups excluding carboxylic acids is 2. The topological polar surface area (TPSA) is 83.1 Å². The molecule has 1 aromatic carbocycles. The average molecular weight is 372 g/mol. The van der Waals surface area contributed by atoms with Crippen molar-refractivity contribution in [2.75, 3.05) is 25.0 Å². The number of aryl methyl sites for hydroxylation is 1. The third-order valence-electron chi connectivity index (χ3n) is 4.43. The van der Waals surface area contributed by atoms with Gasteiger partial charge in [0, 0.05) is 31.0 Å². The molecule has 1 aliphatic heterocycles. The summed E-state index contributed by atoms with van der Waals surface area (Å²) in [4.78, 5) is 27.6. The largest absolute Gasteiger partial charge is 0.356 e. The normalized spacial score (nSPS) is 16.4. The highest BCUT2D eigenvalue weighted by atomic mass is 32.1. The number of aromatic nitrogens is 1. The van der Waals surface area contributed by atoms with Crippen LogP contribution in [0.3, 0.4) is 0 Å². The number of hydrogen-bond donors (Lipinski definition) is 3. The lowest BCUT2D eigenvalue weighted by Gasteiger charge is -2.06. The minimum Gasteiger partial charge on any atom is -0.356 e. The molecular formula is C19H24N4O2S. The fourth-order valence-electron chi connectivity index (χ4n) is 2.95. The molecule has 1 fully saturated rings. The summed E-state index contributed by atoms with van der Waals surface area (Å²) in [5.41, 5.74) is 3.14. The van der Waals surface area contributed by atoms with E-state index in [1.54, 1.807) is 0 Å². The third-order valence-corrected chi connectivity index (χ3v) is 5.19. The first-order valence-corrected chi connectivity index (χ1v) is 9.80. The van der Waals surface area contributed by atoms with Crippen molar-refractivity contribution >= 4 is 28.3 Å². The van der Waals surface area contributed by atoms with Gasteiger partial charge < -0.3 is 16.0 Å². The van der Waals surface area contributed by atoms with Gasteiger partial charge in [0.25, 0.3) is 0 Å². The van der Waals surface area contributed by atoms with E-state index in [-0.39, 0.29) is 17.7 Å². The number of anilines is 1. The Kier molecular flexibility index (Phi) is 6.35. The van der Waals surface area contributed by atoms with Gasteiger partial charge in [-0.25, -0.2) is 4.98 Å². The maximum atomic E-state index is 12.2. The number of rotatable bonds is 7.